The van der Waals surface area contributed by atoms with Crippen LogP contribution in [0.5, 0.6) is 0 Å². The first-order valence-corrected chi connectivity index (χ1v) is 9.39. The minimum atomic E-state index is -0.697. The Morgan fingerprint density at radius 2 is 0.667 bits per heavy atom. The fraction of sp³-hybridized carbons (Fsp3) is 0. The first kappa shape index (κ1) is 16.6. The van der Waals surface area contributed by atoms with Gasteiger partial charge in [0.2, 0.25) is 0 Å². The normalized spacial score (nSPS) is 15.5. The Morgan fingerprint density at radius 3 is 0.933 bits per heavy atom. The highest BCUT2D eigenvalue weighted by molar-refractivity contribution is 6.31. The summed E-state index contributed by atoms with van der Waals surface area (Å²) >= 11 is 0. The number of nitrogens with zero attached hydrogens (tertiary/aromatic N) is 2. The zero-order valence-electron chi connectivity index (χ0n) is 15.5. The van der Waals surface area contributed by atoms with Crippen molar-refractivity contribution in [1.29, 1.82) is 0 Å². The predicted octanol–water partition coefficient (Wildman–Crippen LogP) is 3.80. The second-order valence-electron chi connectivity index (χ2n) is 7.26. The molecule has 0 aliphatic carbocycles. The molecule has 2 heterocycles. The van der Waals surface area contributed by atoms with E-state index in [4.69, 9.17) is 0 Å². The molecule has 0 saturated carbocycles. The third-order valence-corrected chi connectivity index (χ3v) is 5.70. The lowest BCUT2D eigenvalue weighted by atomic mass is 9.93. The molecule has 0 fully saturated rings. The van der Waals surface area contributed by atoms with Crippen molar-refractivity contribution in [3.63, 3.8) is 0 Å². The van der Waals surface area contributed by atoms with E-state index in [0.29, 0.717) is 20.8 Å². The fourth-order valence-electron chi connectivity index (χ4n) is 4.40. The molecule has 142 valence electrons. The van der Waals surface area contributed by atoms with Crippen LogP contribution in [0.3, 0.4) is 0 Å². The Kier molecular flexibility index (Phi) is 3.11. The average Bonchev–Trinajstić information content (AvgIpc) is 2.77. The fourth-order valence-corrected chi connectivity index (χ4v) is 4.40. The molecule has 6 rings (SSSR count). The summed E-state index contributed by atoms with van der Waals surface area (Å²) in [4.78, 5) is 53.3. The number of imide groups is 2. The van der Waals surface area contributed by atoms with E-state index in [-0.39, 0.29) is 22.3 Å². The van der Waals surface area contributed by atoms with Crippen molar-refractivity contribution >= 4 is 45.2 Å². The van der Waals surface area contributed by atoms with Gasteiger partial charge >= 0.3 is 0 Å². The third kappa shape index (κ3) is 1.92. The molecule has 4 aromatic rings. The summed E-state index contributed by atoms with van der Waals surface area (Å²) in [5.41, 5.74) is 1.11. The topological polar surface area (TPSA) is 74.8 Å². The molecule has 0 spiro atoms. The molecule has 2 aliphatic heterocycles. The highest BCUT2D eigenvalue weighted by Gasteiger charge is 2.45. The maximum absolute atomic E-state index is 13.3. The minimum Gasteiger partial charge on any atom is -0.267 e. The lowest BCUT2D eigenvalue weighted by Crippen LogP contribution is -2.58. The first-order chi connectivity index (χ1) is 14.6. The summed E-state index contributed by atoms with van der Waals surface area (Å²) in [6, 6.07) is 20.5. The van der Waals surface area contributed by atoms with Crippen LogP contribution in [-0.4, -0.2) is 33.6 Å². The van der Waals surface area contributed by atoms with Gasteiger partial charge in [-0.05, 0) is 35.0 Å². The number of benzene rings is 4. The Morgan fingerprint density at radius 1 is 0.400 bits per heavy atom. The highest BCUT2D eigenvalue weighted by atomic mass is 16.2. The number of carbonyl (C=O) groups is 4. The third-order valence-electron chi connectivity index (χ3n) is 5.70. The molecule has 30 heavy (non-hydrogen) atoms. The molecular weight excluding hydrogens is 380 g/mol. The van der Waals surface area contributed by atoms with E-state index in [1.165, 1.54) is 0 Å². The number of hydrogen-bond donors (Lipinski definition) is 0. The molecule has 0 radical (unpaired) electrons. The molecule has 0 N–H and O–H groups in total. The lowest BCUT2D eigenvalue weighted by molar-refractivity contribution is 0.00212. The molecule has 4 aromatic carbocycles. The predicted molar refractivity (Wildman–Crippen MR) is 109 cm³/mol. The molecule has 0 unspecified atom stereocenters. The SMILES string of the molecule is O=C1c2cccc3cccc(c23)C(=O)N1N1C(=O)c2cccc3cccc(c23)C1=O. The van der Waals surface area contributed by atoms with Crippen molar-refractivity contribution in [3.8, 4) is 0 Å². The van der Waals surface area contributed by atoms with Crippen LogP contribution in [0, 0.1) is 0 Å². The Hall–Kier alpha value is -4.32. The Balaban J connectivity index is 1.58. The van der Waals surface area contributed by atoms with E-state index >= 15 is 0 Å². The summed E-state index contributed by atoms with van der Waals surface area (Å²) < 4.78 is 0. The Labute approximate surface area is 169 Å². The van der Waals surface area contributed by atoms with Crippen LogP contribution in [0.2, 0.25) is 0 Å². The van der Waals surface area contributed by atoms with Crippen LogP contribution in [0.15, 0.2) is 72.8 Å². The molecule has 6 nitrogen and oxygen atoms in total. The van der Waals surface area contributed by atoms with Gasteiger partial charge in [-0.3, -0.25) is 19.2 Å². The number of hydrazine groups is 1. The maximum Gasteiger partial charge on any atom is 0.281 e. The van der Waals surface area contributed by atoms with Crippen LogP contribution in [-0.2, 0) is 0 Å². The van der Waals surface area contributed by atoms with Crippen molar-refractivity contribution in [3.05, 3.63) is 95.1 Å². The van der Waals surface area contributed by atoms with Crippen molar-refractivity contribution < 1.29 is 19.2 Å². The van der Waals surface area contributed by atoms with Gasteiger partial charge in [0.1, 0.15) is 0 Å². The van der Waals surface area contributed by atoms with Crippen molar-refractivity contribution in [2.75, 3.05) is 0 Å². The van der Waals surface area contributed by atoms with E-state index in [9.17, 15) is 19.2 Å². The van der Waals surface area contributed by atoms with Gasteiger partial charge in [-0.2, -0.15) is 10.0 Å². The summed E-state index contributed by atoms with van der Waals surface area (Å²) in [5, 5.41) is 3.92. The molecule has 0 aromatic heterocycles. The second-order valence-corrected chi connectivity index (χ2v) is 7.26. The van der Waals surface area contributed by atoms with Crippen molar-refractivity contribution in [2.24, 2.45) is 0 Å². The van der Waals surface area contributed by atoms with Gasteiger partial charge in [-0.25, -0.2) is 0 Å². The van der Waals surface area contributed by atoms with Crippen LogP contribution in [0.25, 0.3) is 21.5 Å². The maximum atomic E-state index is 13.3. The number of carbonyl (C=O) groups excluding carboxylic acids is 4. The van der Waals surface area contributed by atoms with Gasteiger partial charge in [-0.1, -0.05) is 48.5 Å². The van der Waals surface area contributed by atoms with Gasteiger partial charge in [-0.15, -0.1) is 0 Å². The number of rotatable bonds is 1. The van der Waals surface area contributed by atoms with Crippen molar-refractivity contribution in [2.45, 2.75) is 0 Å². The molecule has 2 aliphatic rings. The summed E-state index contributed by atoms with van der Waals surface area (Å²) in [6.45, 7) is 0. The van der Waals surface area contributed by atoms with E-state index in [2.05, 4.69) is 0 Å². The molecule has 0 saturated heterocycles. The van der Waals surface area contributed by atoms with Gasteiger partial charge < -0.3 is 0 Å². The summed E-state index contributed by atoms with van der Waals surface area (Å²) in [5.74, 6) is -2.79. The summed E-state index contributed by atoms with van der Waals surface area (Å²) in [6.07, 6.45) is 0. The highest BCUT2D eigenvalue weighted by Crippen LogP contribution is 2.35. The van der Waals surface area contributed by atoms with Gasteiger partial charge in [0.15, 0.2) is 0 Å². The minimum absolute atomic E-state index is 0.278. The van der Waals surface area contributed by atoms with Gasteiger partial charge in [0.25, 0.3) is 23.6 Å². The molecule has 6 heteroatoms. The number of hydrogen-bond acceptors (Lipinski definition) is 4. The van der Waals surface area contributed by atoms with Crippen LogP contribution >= 0.6 is 0 Å². The smallest absolute Gasteiger partial charge is 0.267 e. The van der Waals surface area contributed by atoms with Gasteiger partial charge in [0, 0.05) is 10.8 Å². The molecule has 4 amide bonds. The standard InChI is InChI=1S/C24H12N2O4/c27-21-15-9-1-5-13-6-2-10-16(19(13)15)22(28)25(21)26-23(29)17-11-3-7-14-8-4-12-18(20(14)17)24(26)30/h1-12H. The van der Waals surface area contributed by atoms with Crippen LogP contribution < -0.4 is 0 Å². The zero-order chi connectivity index (χ0) is 20.6. The van der Waals surface area contributed by atoms with E-state index in [1.807, 2.05) is 24.3 Å². The first-order valence-electron chi connectivity index (χ1n) is 9.39. The summed E-state index contributed by atoms with van der Waals surface area (Å²) in [7, 11) is 0. The average molecular weight is 392 g/mol. The monoisotopic (exact) mass is 392 g/mol. The van der Waals surface area contributed by atoms with E-state index < -0.39 is 23.6 Å². The van der Waals surface area contributed by atoms with E-state index in [1.54, 1.807) is 48.5 Å². The van der Waals surface area contributed by atoms with Gasteiger partial charge in [0.05, 0.1) is 22.3 Å². The quantitative estimate of drug-likeness (QED) is 0.462. The second kappa shape index (κ2) is 5.61. The Bertz CT molecular complexity index is 1270. The molecule has 0 atom stereocenters. The zero-order valence-corrected chi connectivity index (χ0v) is 15.5. The number of amides is 4. The van der Waals surface area contributed by atoms with E-state index in [0.717, 1.165) is 10.8 Å². The van der Waals surface area contributed by atoms with Crippen molar-refractivity contribution in [1.82, 2.24) is 10.0 Å². The molecule has 0 bridgehead atoms. The largest absolute Gasteiger partial charge is 0.281 e. The van der Waals surface area contributed by atoms with Crippen LogP contribution in [0.1, 0.15) is 41.4 Å². The lowest BCUT2D eigenvalue weighted by Gasteiger charge is -2.36. The molecular formula is C24H12N2O4. The van der Waals surface area contributed by atoms with Crippen LogP contribution in [0.4, 0.5) is 0 Å².